The molecule has 0 aliphatic carbocycles. The average Bonchev–Trinajstić information content (AvgIpc) is 2.20. The van der Waals surface area contributed by atoms with E-state index in [0.717, 1.165) is 24.3 Å². The van der Waals surface area contributed by atoms with Gasteiger partial charge in [0.25, 0.3) is 0 Å². The Balaban J connectivity index is 2.65. The number of rotatable bonds is 4. The second-order valence-corrected chi connectivity index (χ2v) is 3.17. The highest BCUT2D eigenvalue weighted by Gasteiger charge is 1.98. The van der Waals surface area contributed by atoms with E-state index in [0.29, 0.717) is 5.56 Å². The number of nitrogens with zero attached hydrogens (tertiary/aromatic N) is 1. The molecule has 0 saturated carbocycles. The van der Waals surface area contributed by atoms with Crippen molar-refractivity contribution in [2.24, 2.45) is 0 Å². The SMILES string of the molecule is CNCCNc1ccc(C#N)cc1C. The third kappa shape index (κ3) is 2.75. The van der Waals surface area contributed by atoms with Crippen LogP contribution >= 0.6 is 0 Å². The van der Waals surface area contributed by atoms with Crippen molar-refractivity contribution in [3.8, 4) is 6.07 Å². The molecule has 1 aromatic carbocycles. The van der Waals surface area contributed by atoms with Crippen LogP contribution in [0.2, 0.25) is 0 Å². The maximum Gasteiger partial charge on any atom is 0.0991 e. The van der Waals surface area contributed by atoms with Crippen molar-refractivity contribution in [2.75, 3.05) is 25.5 Å². The van der Waals surface area contributed by atoms with Crippen LogP contribution in [0.4, 0.5) is 5.69 Å². The van der Waals surface area contributed by atoms with Gasteiger partial charge in [-0.25, -0.2) is 0 Å². The second-order valence-electron chi connectivity index (χ2n) is 3.17. The van der Waals surface area contributed by atoms with Crippen LogP contribution in [-0.4, -0.2) is 20.1 Å². The zero-order chi connectivity index (χ0) is 10.4. The van der Waals surface area contributed by atoms with E-state index in [1.807, 2.05) is 32.2 Å². The molecule has 0 aliphatic heterocycles. The van der Waals surface area contributed by atoms with Crippen molar-refractivity contribution in [3.05, 3.63) is 29.3 Å². The van der Waals surface area contributed by atoms with Gasteiger partial charge >= 0.3 is 0 Å². The van der Waals surface area contributed by atoms with Crippen LogP contribution in [0.5, 0.6) is 0 Å². The number of benzene rings is 1. The van der Waals surface area contributed by atoms with Crippen molar-refractivity contribution in [3.63, 3.8) is 0 Å². The molecule has 2 N–H and O–H groups in total. The van der Waals surface area contributed by atoms with Gasteiger partial charge in [0.15, 0.2) is 0 Å². The van der Waals surface area contributed by atoms with Crippen LogP contribution in [0.3, 0.4) is 0 Å². The van der Waals surface area contributed by atoms with Crippen LogP contribution in [0.15, 0.2) is 18.2 Å². The maximum atomic E-state index is 8.69. The molecule has 1 aromatic rings. The summed E-state index contributed by atoms with van der Waals surface area (Å²) in [5.41, 5.74) is 2.92. The largest absolute Gasteiger partial charge is 0.384 e. The first kappa shape index (κ1) is 10.6. The van der Waals surface area contributed by atoms with Crippen LogP contribution in [0, 0.1) is 18.3 Å². The van der Waals surface area contributed by atoms with E-state index in [9.17, 15) is 0 Å². The summed E-state index contributed by atoms with van der Waals surface area (Å²) in [4.78, 5) is 0. The van der Waals surface area contributed by atoms with E-state index in [2.05, 4.69) is 16.7 Å². The van der Waals surface area contributed by atoms with Crippen molar-refractivity contribution >= 4 is 5.69 Å². The molecule has 0 spiro atoms. The Morgan fingerprint density at radius 3 is 2.71 bits per heavy atom. The number of nitrogens with one attached hydrogen (secondary N) is 2. The van der Waals surface area contributed by atoms with Crippen LogP contribution < -0.4 is 10.6 Å². The number of aryl methyl sites for hydroxylation is 1. The molecule has 0 radical (unpaired) electrons. The Bertz CT molecular complexity index is 339. The standard InChI is InChI=1S/C11H15N3/c1-9-7-10(8-12)3-4-11(9)14-6-5-13-2/h3-4,7,13-14H,5-6H2,1-2H3. The summed E-state index contributed by atoms with van der Waals surface area (Å²) in [6.07, 6.45) is 0. The van der Waals surface area contributed by atoms with E-state index in [1.165, 1.54) is 0 Å². The molecule has 0 amide bonds. The summed E-state index contributed by atoms with van der Waals surface area (Å²) in [5, 5.41) is 15.0. The average molecular weight is 189 g/mol. The van der Waals surface area contributed by atoms with Gasteiger partial charge in [0, 0.05) is 18.8 Å². The first-order valence-electron chi connectivity index (χ1n) is 4.67. The van der Waals surface area contributed by atoms with Gasteiger partial charge in [0.05, 0.1) is 11.6 Å². The van der Waals surface area contributed by atoms with E-state index >= 15 is 0 Å². The topological polar surface area (TPSA) is 47.8 Å². The molecule has 0 unspecified atom stereocenters. The van der Waals surface area contributed by atoms with Gasteiger partial charge in [-0.2, -0.15) is 5.26 Å². The fourth-order valence-electron chi connectivity index (χ4n) is 1.25. The molecule has 0 atom stereocenters. The predicted molar refractivity (Wildman–Crippen MR) is 58.3 cm³/mol. The lowest BCUT2D eigenvalue weighted by Crippen LogP contribution is -2.18. The number of nitriles is 1. The first-order chi connectivity index (χ1) is 6.77. The number of likely N-dealkylation sites (N-methyl/N-ethyl adjacent to an activating group) is 1. The minimum atomic E-state index is 0.710. The summed E-state index contributed by atoms with van der Waals surface area (Å²) in [6.45, 7) is 3.82. The van der Waals surface area contributed by atoms with Gasteiger partial charge in [-0.1, -0.05) is 0 Å². The van der Waals surface area contributed by atoms with E-state index in [-0.39, 0.29) is 0 Å². The Labute approximate surface area is 84.7 Å². The minimum absolute atomic E-state index is 0.710. The zero-order valence-corrected chi connectivity index (χ0v) is 8.59. The third-order valence-corrected chi connectivity index (χ3v) is 2.05. The second kappa shape index (κ2) is 5.25. The van der Waals surface area contributed by atoms with Gasteiger partial charge in [0.1, 0.15) is 0 Å². The van der Waals surface area contributed by atoms with E-state index in [4.69, 9.17) is 5.26 Å². The van der Waals surface area contributed by atoms with Crippen LogP contribution in [-0.2, 0) is 0 Å². The fourth-order valence-corrected chi connectivity index (χ4v) is 1.25. The smallest absolute Gasteiger partial charge is 0.0991 e. The highest BCUT2D eigenvalue weighted by Crippen LogP contribution is 2.15. The monoisotopic (exact) mass is 189 g/mol. The molecular weight excluding hydrogens is 174 g/mol. The normalized spacial score (nSPS) is 9.50. The molecule has 3 heteroatoms. The Kier molecular flexibility index (Phi) is 3.96. The summed E-state index contributed by atoms with van der Waals surface area (Å²) in [5.74, 6) is 0. The molecule has 0 saturated heterocycles. The Morgan fingerprint density at radius 2 is 2.14 bits per heavy atom. The summed E-state index contributed by atoms with van der Waals surface area (Å²) < 4.78 is 0. The van der Waals surface area contributed by atoms with Crippen LogP contribution in [0.1, 0.15) is 11.1 Å². The molecular formula is C11H15N3. The molecule has 1 rings (SSSR count). The molecule has 14 heavy (non-hydrogen) atoms. The molecule has 0 aliphatic rings. The lowest BCUT2D eigenvalue weighted by Gasteiger charge is -2.08. The Morgan fingerprint density at radius 1 is 1.36 bits per heavy atom. The minimum Gasteiger partial charge on any atom is -0.384 e. The maximum absolute atomic E-state index is 8.69. The van der Waals surface area contributed by atoms with Gasteiger partial charge < -0.3 is 10.6 Å². The van der Waals surface area contributed by atoms with Gasteiger partial charge in [-0.05, 0) is 37.7 Å². The first-order valence-corrected chi connectivity index (χ1v) is 4.67. The van der Waals surface area contributed by atoms with Crippen molar-refractivity contribution in [1.29, 1.82) is 5.26 Å². The number of hydrogen-bond acceptors (Lipinski definition) is 3. The third-order valence-electron chi connectivity index (χ3n) is 2.05. The lowest BCUT2D eigenvalue weighted by atomic mass is 10.1. The summed E-state index contributed by atoms with van der Waals surface area (Å²) in [7, 11) is 1.92. The Hall–Kier alpha value is -1.53. The van der Waals surface area contributed by atoms with Crippen molar-refractivity contribution in [1.82, 2.24) is 5.32 Å². The summed E-state index contributed by atoms with van der Waals surface area (Å²) in [6, 6.07) is 7.79. The molecule has 74 valence electrons. The molecule has 0 bridgehead atoms. The zero-order valence-electron chi connectivity index (χ0n) is 8.59. The van der Waals surface area contributed by atoms with Crippen molar-refractivity contribution < 1.29 is 0 Å². The van der Waals surface area contributed by atoms with E-state index in [1.54, 1.807) is 0 Å². The predicted octanol–water partition coefficient (Wildman–Crippen LogP) is 1.50. The van der Waals surface area contributed by atoms with Gasteiger partial charge in [-0.15, -0.1) is 0 Å². The number of hydrogen-bond donors (Lipinski definition) is 2. The van der Waals surface area contributed by atoms with Gasteiger partial charge in [0.2, 0.25) is 0 Å². The number of anilines is 1. The summed E-state index contributed by atoms with van der Waals surface area (Å²) >= 11 is 0. The molecule has 0 fully saturated rings. The van der Waals surface area contributed by atoms with Gasteiger partial charge in [-0.3, -0.25) is 0 Å². The lowest BCUT2D eigenvalue weighted by molar-refractivity contribution is 0.823. The quantitative estimate of drug-likeness (QED) is 0.706. The van der Waals surface area contributed by atoms with Crippen molar-refractivity contribution in [2.45, 2.75) is 6.92 Å². The fraction of sp³-hybridized carbons (Fsp3) is 0.364. The molecule has 0 aromatic heterocycles. The highest BCUT2D eigenvalue weighted by molar-refractivity contribution is 5.53. The highest BCUT2D eigenvalue weighted by atomic mass is 14.9. The molecule has 3 nitrogen and oxygen atoms in total. The van der Waals surface area contributed by atoms with E-state index < -0.39 is 0 Å². The van der Waals surface area contributed by atoms with Crippen LogP contribution in [0.25, 0.3) is 0 Å². The molecule has 0 heterocycles.